The first-order valence-electron chi connectivity index (χ1n) is 10.8. The maximum absolute atomic E-state index is 13.7. The Balaban J connectivity index is 0.00000385. The van der Waals surface area contributed by atoms with E-state index in [9.17, 15) is 4.39 Å². The Morgan fingerprint density at radius 2 is 1.88 bits per heavy atom. The average Bonchev–Trinajstić information content (AvgIpc) is 3.26. The van der Waals surface area contributed by atoms with Gasteiger partial charge in [0.15, 0.2) is 5.96 Å². The van der Waals surface area contributed by atoms with Gasteiger partial charge in [-0.2, -0.15) is 0 Å². The van der Waals surface area contributed by atoms with E-state index in [2.05, 4.69) is 25.4 Å². The van der Waals surface area contributed by atoms with Gasteiger partial charge in [-0.15, -0.1) is 24.0 Å². The molecular formula is C24H35FIN5O2. The number of methoxy groups -OCH3 is 2. The van der Waals surface area contributed by atoms with Gasteiger partial charge in [0.2, 0.25) is 0 Å². The zero-order chi connectivity index (χ0) is 23.1. The normalized spacial score (nSPS) is 16.9. The number of hydrogen-bond acceptors (Lipinski definition) is 5. The molecule has 2 atom stereocenters. The highest BCUT2D eigenvalue weighted by atomic mass is 127. The van der Waals surface area contributed by atoms with Crippen molar-refractivity contribution in [2.24, 2.45) is 4.99 Å². The largest absolute Gasteiger partial charge is 0.497 e. The highest BCUT2D eigenvalue weighted by Crippen LogP contribution is 2.30. The van der Waals surface area contributed by atoms with Crippen LogP contribution in [-0.4, -0.2) is 71.9 Å². The van der Waals surface area contributed by atoms with Crippen LogP contribution in [0.2, 0.25) is 0 Å². The van der Waals surface area contributed by atoms with E-state index in [-0.39, 0.29) is 41.9 Å². The molecule has 2 aromatic rings. The molecule has 2 unspecified atom stereocenters. The first-order chi connectivity index (χ1) is 15.4. The Morgan fingerprint density at radius 1 is 1.18 bits per heavy atom. The molecule has 2 N–H and O–H groups in total. The molecule has 33 heavy (non-hydrogen) atoms. The number of guanidine groups is 1. The van der Waals surface area contributed by atoms with Gasteiger partial charge >= 0.3 is 0 Å². The van der Waals surface area contributed by atoms with Crippen molar-refractivity contribution < 1.29 is 13.9 Å². The fourth-order valence-corrected chi connectivity index (χ4v) is 3.98. The Kier molecular flexibility index (Phi) is 10.5. The second kappa shape index (κ2) is 12.8. The molecule has 182 valence electrons. The van der Waals surface area contributed by atoms with Crippen LogP contribution in [0.25, 0.3) is 0 Å². The van der Waals surface area contributed by atoms with Gasteiger partial charge < -0.3 is 29.9 Å². The molecule has 1 saturated heterocycles. The van der Waals surface area contributed by atoms with E-state index in [1.54, 1.807) is 33.4 Å². The molecule has 3 rings (SSSR count). The predicted octanol–water partition coefficient (Wildman–Crippen LogP) is 3.51. The third-order valence-corrected chi connectivity index (χ3v) is 5.77. The zero-order valence-corrected chi connectivity index (χ0v) is 22.3. The smallest absolute Gasteiger partial charge is 0.191 e. The van der Waals surface area contributed by atoms with Crippen molar-refractivity contribution >= 4 is 35.6 Å². The Labute approximate surface area is 213 Å². The third kappa shape index (κ3) is 7.36. The first-order valence-corrected chi connectivity index (χ1v) is 10.8. The van der Waals surface area contributed by atoms with Crippen LogP contribution < -0.4 is 25.0 Å². The number of ether oxygens (including phenoxy) is 2. The predicted molar refractivity (Wildman–Crippen MR) is 143 cm³/mol. The summed E-state index contributed by atoms with van der Waals surface area (Å²) in [6.07, 6.45) is 0.987. The van der Waals surface area contributed by atoms with Gasteiger partial charge in [0.1, 0.15) is 17.3 Å². The Morgan fingerprint density at radius 3 is 2.45 bits per heavy atom. The summed E-state index contributed by atoms with van der Waals surface area (Å²) in [6, 6.07) is 12.9. The number of likely N-dealkylation sites (N-methyl/N-ethyl adjacent to an activating group) is 1. The van der Waals surface area contributed by atoms with E-state index in [4.69, 9.17) is 9.47 Å². The van der Waals surface area contributed by atoms with Gasteiger partial charge in [-0.1, -0.05) is 12.1 Å². The van der Waals surface area contributed by atoms with Crippen LogP contribution in [0.1, 0.15) is 18.0 Å². The number of aliphatic imine (C=N–C) groups is 1. The van der Waals surface area contributed by atoms with Crippen LogP contribution in [0.4, 0.5) is 10.1 Å². The number of nitrogens with zero attached hydrogens (tertiary/aromatic N) is 3. The van der Waals surface area contributed by atoms with Gasteiger partial charge in [-0.25, -0.2) is 4.39 Å². The molecule has 1 aliphatic heterocycles. The number of hydrogen-bond donors (Lipinski definition) is 2. The van der Waals surface area contributed by atoms with E-state index in [1.807, 2.05) is 38.4 Å². The summed E-state index contributed by atoms with van der Waals surface area (Å²) in [4.78, 5) is 8.77. The van der Waals surface area contributed by atoms with Crippen molar-refractivity contribution in [1.29, 1.82) is 0 Å². The molecule has 0 bridgehead atoms. The van der Waals surface area contributed by atoms with Crippen molar-refractivity contribution in [2.75, 3.05) is 59.9 Å². The fourth-order valence-electron chi connectivity index (χ4n) is 3.98. The van der Waals surface area contributed by atoms with E-state index >= 15 is 0 Å². The van der Waals surface area contributed by atoms with Gasteiger partial charge in [0, 0.05) is 56.6 Å². The summed E-state index contributed by atoms with van der Waals surface area (Å²) in [5.74, 6) is 2.07. The van der Waals surface area contributed by atoms with E-state index in [1.165, 1.54) is 6.07 Å². The Bertz CT molecular complexity index is 905. The standard InChI is InChI=1S/C24H34FN5O2.HI/c1-26-24(27-15-23(29(2)3)17-7-6-8-18(25)11-17)28-19-9-10-30(16-19)20-12-21(31-4)14-22(13-20)32-5;/h6-8,11-14,19,23H,9-10,15-16H2,1-5H3,(H2,26,27,28);1H. The van der Waals surface area contributed by atoms with Crippen LogP contribution in [0.5, 0.6) is 11.5 Å². The topological polar surface area (TPSA) is 61.4 Å². The molecule has 9 heteroatoms. The third-order valence-electron chi connectivity index (χ3n) is 5.77. The lowest BCUT2D eigenvalue weighted by atomic mass is 10.1. The average molecular weight is 571 g/mol. The minimum atomic E-state index is -0.225. The molecule has 1 fully saturated rings. The van der Waals surface area contributed by atoms with Crippen molar-refractivity contribution in [3.63, 3.8) is 0 Å². The maximum atomic E-state index is 13.7. The second-order valence-electron chi connectivity index (χ2n) is 8.13. The lowest BCUT2D eigenvalue weighted by molar-refractivity contribution is 0.297. The first kappa shape index (κ1) is 27.0. The summed E-state index contributed by atoms with van der Waals surface area (Å²) < 4.78 is 24.5. The number of anilines is 1. The SMILES string of the molecule is CN=C(NCC(c1cccc(F)c1)N(C)C)NC1CCN(c2cc(OC)cc(OC)c2)C1.I. The van der Waals surface area contributed by atoms with Gasteiger partial charge in [-0.3, -0.25) is 4.99 Å². The van der Waals surface area contributed by atoms with Crippen LogP contribution in [0, 0.1) is 5.82 Å². The van der Waals surface area contributed by atoms with Crippen molar-refractivity contribution in [3.8, 4) is 11.5 Å². The number of rotatable bonds is 8. The lowest BCUT2D eigenvalue weighted by Gasteiger charge is -2.27. The van der Waals surface area contributed by atoms with Crippen LogP contribution in [0.15, 0.2) is 47.5 Å². The molecule has 7 nitrogen and oxygen atoms in total. The summed E-state index contributed by atoms with van der Waals surface area (Å²) in [5, 5.41) is 6.92. The quantitative estimate of drug-likeness (QED) is 0.288. The van der Waals surface area contributed by atoms with Crippen molar-refractivity contribution in [1.82, 2.24) is 15.5 Å². The van der Waals surface area contributed by atoms with Gasteiger partial charge in [-0.05, 0) is 38.2 Å². The molecule has 0 aromatic heterocycles. The second-order valence-corrected chi connectivity index (χ2v) is 8.13. The minimum Gasteiger partial charge on any atom is -0.497 e. The maximum Gasteiger partial charge on any atom is 0.191 e. The van der Waals surface area contributed by atoms with Gasteiger partial charge in [0.05, 0.1) is 20.3 Å². The van der Waals surface area contributed by atoms with E-state index in [0.717, 1.165) is 48.2 Å². The molecule has 2 aromatic carbocycles. The molecule has 0 amide bonds. The molecule has 0 spiro atoms. The van der Waals surface area contributed by atoms with Crippen molar-refractivity contribution in [3.05, 3.63) is 53.8 Å². The summed E-state index contributed by atoms with van der Waals surface area (Å²) >= 11 is 0. The summed E-state index contributed by atoms with van der Waals surface area (Å²) in [7, 11) is 9.07. The number of halogens is 2. The monoisotopic (exact) mass is 571 g/mol. The molecular weight excluding hydrogens is 536 g/mol. The van der Waals surface area contributed by atoms with E-state index < -0.39 is 0 Å². The Hall–Kier alpha value is -2.27. The highest BCUT2D eigenvalue weighted by molar-refractivity contribution is 14.0. The van der Waals surface area contributed by atoms with Gasteiger partial charge in [0.25, 0.3) is 0 Å². The molecule has 0 aliphatic carbocycles. The number of nitrogens with one attached hydrogen (secondary N) is 2. The minimum absolute atomic E-state index is 0. The fraction of sp³-hybridized carbons (Fsp3) is 0.458. The highest BCUT2D eigenvalue weighted by Gasteiger charge is 2.25. The van der Waals surface area contributed by atoms with Crippen molar-refractivity contribution in [2.45, 2.75) is 18.5 Å². The molecule has 0 radical (unpaired) electrons. The number of benzene rings is 2. The van der Waals surface area contributed by atoms with E-state index in [0.29, 0.717) is 6.54 Å². The van der Waals surface area contributed by atoms with Crippen LogP contribution in [0.3, 0.4) is 0 Å². The zero-order valence-electron chi connectivity index (χ0n) is 20.0. The summed E-state index contributed by atoms with van der Waals surface area (Å²) in [5.41, 5.74) is 2.00. The summed E-state index contributed by atoms with van der Waals surface area (Å²) in [6.45, 7) is 2.38. The molecule has 1 heterocycles. The molecule has 0 saturated carbocycles. The lowest BCUT2D eigenvalue weighted by Crippen LogP contribution is -2.46. The molecule has 1 aliphatic rings. The van der Waals surface area contributed by atoms with Crippen LogP contribution >= 0.6 is 24.0 Å². The van der Waals surface area contributed by atoms with Crippen LogP contribution in [-0.2, 0) is 0 Å².